The summed E-state index contributed by atoms with van der Waals surface area (Å²) < 4.78 is 0. The van der Waals surface area contributed by atoms with Crippen molar-refractivity contribution in [1.29, 1.82) is 0 Å². The van der Waals surface area contributed by atoms with Gasteiger partial charge in [0.15, 0.2) is 0 Å². The number of carbonyl (C=O) groups is 1. The summed E-state index contributed by atoms with van der Waals surface area (Å²) in [7, 11) is 0. The van der Waals surface area contributed by atoms with E-state index >= 15 is 0 Å². The van der Waals surface area contributed by atoms with Crippen LogP contribution in [0.5, 0.6) is 0 Å². The molecule has 0 aromatic rings. The number of piperidine rings is 1. The van der Waals surface area contributed by atoms with Gasteiger partial charge in [-0.05, 0) is 64.2 Å². The van der Waals surface area contributed by atoms with E-state index in [1.165, 1.54) is 25.7 Å². The zero-order valence-electron chi connectivity index (χ0n) is 10.6. The first-order valence-corrected chi connectivity index (χ1v) is 7.05. The fourth-order valence-corrected chi connectivity index (χ4v) is 2.29. The molecule has 2 fully saturated rings. The Labute approximate surface area is 104 Å². The van der Waals surface area contributed by atoms with Crippen molar-refractivity contribution < 1.29 is 4.79 Å². The molecule has 0 unspecified atom stereocenters. The van der Waals surface area contributed by atoms with Crippen LogP contribution in [0.1, 0.15) is 38.5 Å². The van der Waals surface area contributed by atoms with Crippen LogP contribution >= 0.6 is 0 Å². The van der Waals surface area contributed by atoms with Gasteiger partial charge in [0.2, 0.25) is 5.91 Å². The van der Waals surface area contributed by atoms with Gasteiger partial charge in [0.1, 0.15) is 0 Å². The molecule has 1 saturated heterocycles. The molecule has 2 rings (SSSR count). The van der Waals surface area contributed by atoms with Crippen LogP contribution in [0.15, 0.2) is 0 Å². The minimum absolute atomic E-state index is 0.233. The average molecular weight is 239 g/mol. The molecule has 1 aliphatic heterocycles. The molecule has 1 heterocycles. The van der Waals surface area contributed by atoms with Gasteiger partial charge in [0.05, 0.1) is 0 Å². The van der Waals surface area contributed by atoms with Crippen LogP contribution in [-0.2, 0) is 4.79 Å². The van der Waals surface area contributed by atoms with Crippen molar-refractivity contribution in [3.63, 3.8) is 0 Å². The highest BCUT2D eigenvalue weighted by Crippen LogP contribution is 2.18. The third-order valence-corrected chi connectivity index (χ3v) is 3.59. The quantitative estimate of drug-likeness (QED) is 0.571. The first-order valence-electron chi connectivity index (χ1n) is 7.05. The number of carbonyl (C=O) groups excluding carboxylic acids is 1. The monoisotopic (exact) mass is 239 g/mol. The fraction of sp³-hybridized carbons (Fsp3) is 0.923. The summed E-state index contributed by atoms with van der Waals surface area (Å²) in [5.41, 5.74) is 0. The average Bonchev–Trinajstić information content (AvgIpc) is 3.14. The molecule has 98 valence electrons. The highest BCUT2D eigenvalue weighted by Gasteiger charge is 2.22. The van der Waals surface area contributed by atoms with Crippen LogP contribution in [0.4, 0.5) is 0 Å². The maximum absolute atomic E-state index is 11.4. The molecule has 1 aliphatic carbocycles. The Morgan fingerprint density at radius 2 is 1.94 bits per heavy atom. The van der Waals surface area contributed by atoms with E-state index in [1.54, 1.807) is 0 Å². The molecule has 2 aliphatic rings. The third-order valence-electron chi connectivity index (χ3n) is 3.59. The molecular weight excluding hydrogens is 214 g/mol. The topological polar surface area (TPSA) is 53.2 Å². The number of hydrogen-bond donors (Lipinski definition) is 3. The first kappa shape index (κ1) is 12.8. The number of hydrogen-bond acceptors (Lipinski definition) is 3. The molecule has 1 saturated carbocycles. The normalized spacial score (nSPS) is 21.4. The van der Waals surface area contributed by atoms with E-state index in [0.29, 0.717) is 12.5 Å². The summed E-state index contributed by atoms with van der Waals surface area (Å²) in [5, 5.41) is 9.87. The second-order valence-electron chi connectivity index (χ2n) is 5.34. The molecule has 0 spiro atoms. The summed E-state index contributed by atoms with van der Waals surface area (Å²) in [6, 6.07) is 0.505. The van der Waals surface area contributed by atoms with E-state index in [9.17, 15) is 4.79 Å². The third kappa shape index (κ3) is 5.50. The van der Waals surface area contributed by atoms with Crippen LogP contribution in [0.2, 0.25) is 0 Å². The summed E-state index contributed by atoms with van der Waals surface area (Å²) >= 11 is 0. The smallest absolute Gasteiger partial charge is 0.220 e. The van der Waals surface area contributed by atoms with E-state index < -0.39 is 0 Å². The Morgan fingerprint density at radius 1 is 1.18 bits per heavy atom. The fourth-order valence-electron chi connectivity index (χ4n) is 2.29. The van der Waals surface area contributed by atoms with Crippen LogP contribution in [0.3, 0.4) is 0 Å². The van der Waals surface area contributed by atoms with Gasteiger partial charge >= 0.3 is 0 Å². The molecule has 0 bridgehead atoms. The van der Waals surface area contributed by atoms with Crippen LogP contribution in [0.25, 0.3) is 0 Å². The Kier molecular flexibility index (Phi) is 5.26. The highest BCUT2D eigenvalue weighted by atomic mass is 16.1. The molecule has 17 heavy (non-hydrogen) atoms. The minimum atomic E-state index is 0.233. The van der Waals surface area contributed by atoms with Gasteiger partial charge in [-0.2, -0.15) is 0 Å². The Balaban J connectivity index is 1.41. The maximum atomic E-state index is 11.4. The van der Waals surface area contributed by atoms with Crippen LogP contribution < -0.4 is 16.0 Å². The van der Waals surface area contributed by atoms with E-state index in [4.69, 9.17) is 0 Å². The van der Waals surface area contributed by atoms with Crippen molar-refractivity contribution in [3.8, 4) is 0 Å². The molecule has 0 radical (unpaired) electrons. The van der Waals surface area contributed by atoms with Gasteiger partial charge in [-0.1, -0.05) is 0 Å². The van der Waals surface area contributed by atoms with Gasteiger partial charge in [-0.15, -0.1) is 0 Å². The SMILES string of the molecule is O=C(CCCNCC1CCNCC1)NC1CC1. The van der Waals surface area contributed by atoms with E-state index in [0.717, 1.165) is 38.5 Å². The molecule has 1 amide bonds. The largest absolute Gasteiger partial charge is 0.353 e. The van der Waals surface area contributed by atoms with Crippen molar-refractivity contribution in [2.75, 3.05) is 26.2 Å². The summed E-state index contributed by atoms with van der Waals surface area (Å²) in [6.07, 6.45) is 6.57. The second-order valence-corrected chi connectivity index (χ2v) is 5.34. The molecule has 0 aromatic heterocycles. The Bertz CT molecular complexity index is 235. The van der Waals surface area contributed by atoms with Crippen molar-refractivity contribution in [2.24, 2.45) is 5.92 Å². The van der Waals surface area contributed by atoms with Gasteiger partial charge in [0.25, 0.3) is 0 Å². The molecule has 3 N–H and O–H groups in total. The minimum Gasteiger partial charge on any atom is -0.353 e. The summed E-state index contributed by atoms with van der Waals surface area (Å²) in [4.78, 5) is 11.4. The molecule has 0 atom stereocenters. The molecular formula is C13H25N3O. The lowest BCUT2D eigenvalue weighted by molar-refractivity contribution is -0.121. The van der Waals surface area contributed by atoms with E-state index in [1.807, 2.05) is 0 Å². The Hall–Kier alpha value is -0.610. The van der Waals surface area contributed by atoms with Crippen LogP contribution in [0, 0.1) is 5.92 Å². The predicted octanol–water partition coefficient (Wildman–Crippen LogP) is 0.634. The standard InChI is InChI=1S/C13H25N3O/c17-13(16-12-3-4-12)2-1-7-15-10-11-5-8-14-9-6-11/h11-12,14-15H,1-10H2,(H,16,17). The van der Waals surface area contributed by atoms with Gasteiger partial charge < -0.3 is 16.0 Å². The van der Waals surface area contributed by atoms with Crippen molar-refractivity contribution in [2.45, 2.75) is 44.6 Å². The van der Waals surface area contributed by atoms with E-state index in [-0.39, 0.29) is 5.91 Å². The first-order chi connectivity index (χ1) is 8.34. The molecule has 4 heteroatoms. The summed E-state index contributed by atoms with van der Waals surface area (Å²) in [6.45, 7) is 4.42. The lowest BCUT2D eigenvalue weighted by atomic mass is 9.98. The second kappa shape index (κ2) is 6.97. The van der Waals surface area contributed by atoms with Crippen LogP contribution in [-0.4, -0.2) is 38.1 Å². The van der Waals surface area contributed by atoms with Gasteiger partial charge in [0, 0.05) is 12.5 Å². The van der Waals surface area contributed by atoms with Gasteiger partial charge in [-0.3, -0.25) is 4.79 Å². The van der Waals surface area contributed by atoms with Gasteiger partial charge in [-0.25, -0.2) is 0 Å². The zero-order valence-corrected chi connectivity index (χ0v) is 10.6. The van der Waals surface area contributed by atoms with Crippen molar-refractivity contribution in [3.05, 3.63) is 0 Å². The lowest BCUT2D eigenvalue weighted by Crippen LogP contribution is -2.34. The zero-order chi connectivity index (χ0) is 11.9. The summed E-state index contributed by atoms with van der Waals surface area (Å²) in [5.74, 6) is 1.06. The number of rotatable bonds is 7. The van der Waals surface area contributed by atoms with Crippen molar-refractivity contribution in [1.82, 2.24) is 16.0 Å². The highest BCUT2D eigenvalue weighted by molar-refractivity contribution is 5.76. The lowest BCUT2D eigenvalue weighted by Gasteiger charge is -2.22. The molecule has 4 nitrogen and oxygen atoms in total. The van der Waals surface area contributed by atoms with E-state index in [2.05, 4.69) is 16.0 Å². The maximum Gasteiger partial charge on any atom is 0.220 e. The molecule has 0 aromatic carbocycles. The predicted molar refractivity (Wildman–Crippen MR) is 68.9 cm³/mol. The Morgan fingerprint density at radius 3 is 2.65 bits per heavy atom. The number of nitrogens with one attached hydrogen (secondary N) is 3. The number of amides is 1. The van der Waals surface area contributed by atoms with Crippen molar-refractivity contribution >= 4 is 5.91 Å².